The molecule has 0 radical (unpaired) electrons. The molecule has 0 aliphatic heterocycles. The monoisotopic (exact) mass is 324 g/mol. The number of pyridine rings is 1. The zero-order valence-electron chi connectivity index (χ0n) is 13.3. The van der Waals surface area contributed by atoms with Gasteiger partial charge in [-0.1, -0.05) is 18.2 Å². The molecule has 24 heavy (non-hydrogen) atoms. The Morgan fingerprint density at radius 1 is 1.25 bits per heavy atom. The normalized spacial score (nSPS) is 11.2. The number of aromatic nitrogens is 2. The van der Waals surface area contributed by atoms with Gasteiger partial charge in [0, 0.05) is 6.20 Å². The largest absolute Gasteiger partial charge is 0.492 e. The molecule has 2 heterocycles. The summed E-state index contributed by atoms with van der Waals surface area (Å²) in [6.45, 7) is 4.29. The van der Waals surface area contributed by atoms with E-state index in [1.54, 1.807) is 28.8 Å². The van der Waals surface area contributed by atoms with Crippen molar-refractivity contribution in [3.05, 3.63) is 53.9 Å². The van der Waals surface area contributed by atoms with Crippen LogP contribution >= 0.6 is 0 Å². The zero-order valence-corrected chi connectivity index (χ0v) is 13.3. The van der Waals surface area contributed by atoms with Crippen molar-refractivity contribution in [3.8, 4) is 5.75 Å². The molecule has 3 aromatic rings. The number of carbonyl (C=O) groups is 1. The summed E-state index contributed by atoms with van der Waals surface area (Å²) in [6.07, 6.45) is 1.78. The lowest BCUT2D eigenvalue weighted by Crippen LogP contribution is -1.96. The van der Waals surface area contributed by atoms with Crippen LogP contribution in [0.25, 0.3) is 5.65 Å². The van der Waals surface area contributed by atoms with Crippen LogP contribution in [0, 0.1) is 6.92 Å². The van der Waals surface area contributed by atoms with Crippen LogP contribution in [0.1, 0.15) is 23.0 Å². The van der Waals surface area contributed by atoms with E-state index in [0.29, 0.717) is 23.7 Å². The van der Waals surface area contributed by atoms with E-state index in [9.17, 15) is 9.90 Å². The van der Waals surface area contributed by atoms with Crippen molar-refractivity contribution in [1.82, 2.24) is 9.38 Å². The van der Waals surface area contributed by atoms with E-state index in [1.807, 2.05) is 32.0 Å². The van der Waals surface area contributed by atoms with Gasteiger partial charge >= 0.3 is 5.97 Å². The Morgan fingerprint density at radius 2 is 2.04 bits per heavy atom. The third kappa shape index (κ3) is 2.96. The predicted octanol–water partition coefficient (Wildman–Crippen LogP) is 4.16. The maximum absolute atomic E-state index is 11.5. The lowest BCUT2D eigenvalue weighted by atomic mass is 10.3. The van der Waals surface area contributed by atoms with Crippen LogP contribution in [0.15, 0.2) is 52.8 Å². The second kappa shape index (κ2) is 6.49. The van der Waals surface area contributed by atoms with Gasteiger partial charge in [-0.2, -0.15) is 0 Å². The maximum atomic E-state index is 11.5. The predicted molar refractivity (Wildman–Crippen MR) is 88.7 cm³/mol. The third-order valence-corrected chi connectivity index (χ3v) is 3.36. The smallest absolute Gasteiger partial charge is 0.358 e. The molecule has 0 unspecified atom stereocenters. The second-order valence-electron chi connectivity index (χ2n) is 5.12. The van der Waals surface area contributed by atoms with Crippen LogP contribution in [0.2, 0.25) is 0 Å². The number of ether oxygens (including phenoxy) is 1. The average Bonchev–Trinajstić information content (AvgIpc) is 2.92. The maximum Gasteiger partial charge on any atom is 0.358 e. The minimum absolute atomic E-state index is 0.141. The van der Waals surface area contributed by atoms with Crippen molar-refractivity contribution in [1.29, 1.82) is 0 Å². The van der Waals surface area contributed by atoms with Gasteiger partial charge in [-0.3, -0.25) is 4.40 Å². The Hall–Kier alpha value is -3.22. The first kappa shape index (κ1) is 15.7. The molecule has 0 aliphatic rings. The first-order chi connectivity index (χ1) is 11.6. The molecule has 3 rings (SSSR count). The van der Waals surface area contributed by atoms with Crippen LogP contribution in [0.4, 0.5) is 11.5 Å². The third-order valence-electron chi connectivity index (χ3n) is 3.36. The quantitative estimate of drug-likeness (QED) is 0.714. The first-order valence-corrected chi connectivity index (χ1v) is 7.45. The number of benzene rings is 1. The van der Waals surface area contributed by atoms with Crippen LogP contribution < -0.4 is 4.74 Å². The summed E-state index contributed by atoms with van der Waals surface area (Å²) in [7, 11) is 0. The average molecular weight is 324 g/mol. The van der Waals surface area contributed by atoms with Crippen molar-refractivity contribution >= 4 is 23.1 Å². The molecule has 0 amide bonds. The van der Waals surface area contributed by atoms with E-state index in [1.165, 1.54) is 0 Å². The standard InChI is InChI=1S/C17H16N4O3/c1-3-24-13-7-5-4-6-12(13)19-20-16-15(17(22)23)18-14-9-8-11(2)10-21(14)16/h4-10H,3H2,1-2H3,(H,22,23). The van der Waals surface area contributed by atoms with E-state index < -0.39 is 5.97 Å². The van der Waals surface area contributed by atoms with Crippen LogP contribution in [-0.4, -0.2) is 27.1 Å². The molecule has 0 aliphatic carbocycles. The van der Waals surface area contributed by atoms with Gasteiger partial charge in [-0.15, -0.1) is 10.2 Å². The van der Waals surface area contributed by atoms with Crippen molar-refractivity contribution in [2.24, 2.45) is 10.2 Å². The number of fused-ring (bicyclic) bond motifs is 1. The zero-order chi connectivity index (χ0) is 17.1. The number of hydrogen-bond donors (Lipinski definition) is 1. The molecule has 0 atom stereocenters. The van der Waals surface area contributed by atoms with E-state index in [2.05, 4.69) is 15.2 Å². The lowest BCUT2D eigenvalue weighted by molar-refractivity contribution is 0.0692. The number of nitrogens with zero attached hydrogens (tertiary/aromatic N) is 4. The van der Waals surface area contributed by atoms with E-state index in [-0.39, 0.29) is 11.5 Å². The van der Waals surface area contributed by atoms with Gasteiger partial charge in [0.05, 0.1) is 6.61 Å². The summed E-state index contributed by atoms with van der Waals surface area (Å²) >= 11 is 0. The lowest BCUT2D eigenvalue weighted by Gasteiger charge is -2.04. The number of azo groups is 1. The summed E-state index contributed by atoms with van der Waals surface area (Å²) < 4.78 is 7.12. The highest BCUT2D eigenvalue weighted by Gasteiger charge is 2.18. The fourth-order valence-electron chi connectivity index (χ4n) is 2.30. The Balaban J connectivity index is 2.11. The van der Waals surface area contributed by atoms with E-state index >= 15 is 0 Å². The van der Waals surface area contributed by atoms with Crippen LogP contribution in [-0.2, 0) is 0 Å². The van der Waals surface area contributed by atoms with Crippen molar-refractivity contribution < 1.29 is 14.6 Å². The summed E-state index contributed by atoms with van der Waals surface area (Å²) in [4.78, 5) is 15.6. The Kier molecular flexibility index (Phi) is 4.24. The molecule has 0 saturated heterocycles. The van der Waals surface area contributed by atoms with Gasteiger partial charge in [-0.05, 0) is 37.6 Å². The first-order valence-electron chi connectivity index (χ1n) is 7.45. The second-order valence-corrected chi connectivity index (χ2v) is 5.12. The highest BCUT2D eigenvalue weighted by Crippen LogP contribution is 2.30. The molecule has 7 nitrogen and oxygen atoms in total. The SMILES string of the molecule is CCOc1ccccc1N=Nc1c(C(=O)O)nc2ccc(C)cn12. The number of imidazole rings is 1. The van der Waals surface area contributed by atoms with Crippen LogP contribution in [0.3, 0.4) is 0 Å². The molecule has 2 aromatic heterocycles. The minimum Gasteiger partial charge on any atom is -0.492 e. The van der Waals surface area contributed by atoms with Gasteiger partial charge in [0.15, 0.2) is 11.5 Å². The Bertz CT molecular complexity index is 931. The number of para-hydroxylation sites is 1. The number of aryl methyl sites for hydroxylation is 1. The van der Waals surface area contributed by atoms with Crippen molar-refractivity contribution in [2.45, 2.75) is 13.8 Å². The minimum atomic E-state index is -1.15. The summed E-state index contributed by atoms with van der Waals surface area (Å²) in [6, 6.07) is 10.8. The fraction of sp³-hybridized carbons (Fsp3) is 0.176. The Morgan fingerprint density at radius 3 is 2.79 bits per heavy atom. The number of rotatable bonds is 5. The van der Waals surface area contributed by atoms with Gasteiger partial charge in [0.25, 0.3) is 0 Å². The summed E-state index contributed by atoms with van der Waals surface area (Å²) in [5.41, 5.74) is 1.85. The van der Waals surface area contributed by atoms with Crippen LogP contribution in [0.5, 0.6) is 5.75 Å². The van der Waals surface area contributed by atoms with Gasteiger partial charge in [0.2, 0.25) is 0 Å². The van der Waals surface area contributed by atoms with Gasteiger partial charge in [-0.25, -0.2) is 9.78 Å². The van der Waals surface area contributed by atoms with Gasteiger partial charge in [0.1, 0.15) is 17.1 Å². The molecule has 7 heteroatoms. The highest BCUT2D eigenvalue weighted by atomic mass is 16.5. The fourth-order valence-corrected chi connectivity index (χ4v) is 2.30. The number of carboxylic acids is 1. The van der Waals surface area contributed by atoms with Gasteiger partial charge < -0.3 is 9.84 Å². The molecule has 0 fully saturated rings. The highest BCUT2D eigenvalue weighted by molar-refractivity contribution is 5.91. The Labute approximate surface area is 138 Å². The number of carboxylic acid groups (broad SMARTS) is 1. The molecule has 1 N–H and O–H groups in total. The number of hydrogen-bond acceptors (Lipinski definition) is 5. The van der Waals surface area contributed by atoms with E-state index in [0.717, 1.165) is 5.56 Å². The summed E-state index contributed by atoms with van der Waals surface area (Å²) in [5.74, 6) is -0.387. The molecule has 0 bridgehead atoms. The molecule has 1 aromatic carbocycles. The topological polar surface area (TPSA) is 88.5 Å². The molecule has 0 spiro atoms. The molecule has 0 saturated carbocycles. The summed E-state index contributed by atoms with van der Waals surface area (Å²) in [5, 5.41) is 17.7. The molecular formula is C17H16N4O3. The number of aromatic carboxylic acids is 1. The molecular weight excluding hydrogens is 308 g/mol. The van der Waals surface area contributed by atoms with Crippen molar-refractivity contribution in [2.75, 3.05) is 6.61 Å². The van der Waals surface area contributed by atoms with Crippen molar-refractivity contribution in [3.63, 3.8) is 0 Å². The molecule has 122 valence electrons. The van der Waals surface area contributed by atoms with E-state index in [4.69, 9.17) is 4.74 Å².